The molecule has 0 saturated carbocycles. The van der Waals surface area contributed by atoms with E-state index in [0.29, 0.717) is 5.69 Å². The van der Waals surface area contributed by atoms with Gasteiger partial charge in [-0.05, 0) is 36.4 Å². The minimum Gasteiger partial charge on any atom is -0.497 e. The highest BCUT2D eigenvalue weighted by Crippen LogP contribution is 2.24. The van der Waals surface area contributed by atoms with E-state index in [0.717, 1.165) is 17.0 Å². The normalized spacial score (nSPS) is 10.5. The van der Waals surface area contributed by atoms with Gasteiger partial charge in [-0.3, -0.25) is 9.48 Å². The van der Waals surface area contributed by atoms with Gasteiger partial charge in [0, 0.05) is 18.3 Å². The number of nitrogens with one attached hydrogen (secondary N) is 1. The lowest BCUT2D eigenvalue weighted by Gasteiger charge is -2.04. The van der Waals surface area contributed by atoms with Crippen LogP contribution in [0.5, 0.6) is 5.75 Å². The van der Waals surface area contributed by atoms with Gasteiger partial charge in [0.2, 0.25) is 0 Å². The topological polar surface area (TPSA) is 56.1 Å². The van der Waals surface area contributed by atoms with Crippen LogP contribution < -0.4 is 10.1 Å². The molecule has 6 heteroatoms. The lowest BCUT2D eigenvalue weighted by Crippen LogP contribution is -2.13. The molecular weight excluding hydrogens is 309 g/mol. The van der Waals surface area contributed by atoms with E-state index in [4.69, 9.17) is 4.74 Å². The zero-order valence-electron chi connectivity index (χ0n) is 13.3. The Hall–Kier alpha value is -3.15. The number of nitrogens with zero attached hydrogens (tertiary/aromatic N) is 2. The summed E-state index contributed by atoms with van der Waals surface area (Å²) in [4.78, 5) is 12.3. The first kappa shape index (κ1) is 15.7. The molecule has 0 bridgehead atoms. The van der Waals surface area contributed by atoms with E-state index in [1.165, 1.54) is 18.2 Å². The molecule has 1 N–H and O–H groups in total. The second-order valence-electron chi connectivity index (χ2n) is 5.23. The van der Waals surface area contributed by atoms with Crippen molar-refractivity contribution < 1.29 is 13.9 Å². The van der Waals surface area contributed by atoms with Crippen LogP contribution in [0.1, 0.15) is 10.5 Å². The van der Waals surface area contributed by atoms with Gasteiger partial charge in [0.05, 0.1) is 12.8 Å². The lowest BCUT2D eigenvalue weighted by molar-refractivity contribution is 0.102. The molecule has 0 unspecified atom stereocenters. The summed E-state index contributed by atoms with van der Waals surface area (Å²) in [6, 6.07) is 14.9. The Labute approximate surface area is 138 Å². The standard InChI is InChI=1S/C18H16FN3O2/c1-22-17(12-5-3-8-15(9-12)24-2)11-16(21-22)18(23)20-14-7-4-6-13(19)10-14/h3-11H,1-2H3,(H,20,23). The van der Waals surface area contributed by atoms with Crippen LogP contribution >= 0.6 is 0 Å². The molecule has 0 fully saturated rings. The van der Waals surface area contributed by atoms with Crippen molar-refractivity contribution >= 4 is 11.6 Å². The molecule has 1 aromatic heterocycles. The summed E-state index contributed by atoms with van der Waals surface area (Å²) in [5.41, 5.74) is 2.29. The van der Waals surface area contributed by atoms with Crippen molar-refractivity contribution in [3.63, 3.8) is 0 Å². The number of carbonyl (C=O) groups is 1. The molecule has 3 aromatic rings. The molecule has 0 aliphatic rings. The summed E-state index contributed by atoms with van der Waals surface area (Å²) in [5.74, 6) is -0.0873. The van der Waals surface area contributed by atoms with Crippen molar-refractivity contribution in [1.82, 2.24) is 9.78 Å². The van der Waals surface area contributed by atoms with Crippen molar-refractivity contribution in [2.45, 2.75) is 0 Å². The third-order valence-electron chi connectivity index (χ3n) is 3.56. The number of halogens is 1. The summed E-state index contributed by atoms with van der Waals surface area (Å²) in [6.07, 6.45) is 0. The molecule has 0 radical (unpaired) electrons. The average Bonchev–Trinajstić information content (AvgIpc) is 2.97. The predicted molar refractivity (Wildman–Crippen MR) is 89.5 cm³/mol. The molecule has 0 spiro atoms. The van der Waals surface area contributed by atoms with E-state index in [9.17, 15) is 9.18 Å². The molecule has 122 valence electrons. The first-order valence-electron chi connectivity index (χ1n) is 7.32. The zero-order valence-corrected chi connectivity index (χ0v) is 13.3. The number of aromatic nitrogens is 2. The molecule has 0 atom stereocenters. The first-order valence-corrected chi connectivity index (χ1v) is 7.32. The maximum atomic E-state index is 13.2. The summed E-state index contributed by atoms with van der Waals surface area (Å²) >= 11 is 0. The van der Waals surface area contributed by atoms with E-state index in [2.05, 4.69) is 10.4 Å². The van der Waals surface area contributed by atoms with Gasteiger partial charge in [0.25, 0.3) is 5.91 Å². The van der Waals surface area contributed by atoms with E-state index in [-0.39, 0.29) is 5.69 Å². The van der Waals surface area contributed by atoms with Gasteiger partial charge >= 0.3 is 0 Å². The highest BCUT2D eigenvalue weighted by Gasteiger charge is 2.14. The van der Waals surface area contributed by atoms with Gasteiger partial charge in [-0.2, -0.15) is 5.10 Å². The fraction of sp³-hybridized carbons (Fsp3) is 0.111. The van der Waals surface area contributed by atoms with Crippen molar-refractivity contribution in [2.75, 3.05) is 12.4 Å². The Bertz CT molecular complexity index is 889. The Morgan fingerprint density at radius 2 is 1.96 bits per heavy atom. The molecule has 24 heavy (non-hydrogen) atoms. The van der Waals surface area contributed by atoms with Crippen molar-refractivity contribution in [2.24, 2.45) is 7.05 Å². The molecule has 3 rings (SSSR count). The van der Waals surface area contributed by atoms with Crippen LogP contribution in [0, 0.1) is 5.82 Å². The van der Waals surface area contributed by atoms with E-state index in [1.807, 2.05) is 24.3 Å². The van der Waals surface area contributed by atoms with Crippen molar-refractivity contribution in [3.8, 4) is 17.0 Å². The van der Waals surface area contributed by atoms with Crippen LogP contribution in [0.2, 0.25) is 0 Å². The van der Waals surface area contributed by atoms with E-state index < -0.39 is 11.7 Å². The number of methoxy groups -OCH3 is 1. The number of hydrogen-bond acceptors (Lipinski definition) is 3. The third-order valence-corrected chi connectivity index (χ3v) is 3.56. The number of benzene rings is 2. The maximum Gasteiger partial charge on any atom is 0.276 e. The second-order valence-corrected chi connectivity index (χ2v) is 5.23. The fourth-order valence-corrected chi connectivity index (χ4v) is 2.39. The van der Waals surface area contributed by atoms with Gasteiger partial charge < -0.3 is 10.1 Å². The molecular formula is C18H16FN3O2. The van der Waals surface area contributed by atoms with Crippen LogP contribution in [0.3, 0.4) is 0 Å². The number of carbonyl (C=O) groups excluding carboxylic acids is 1. The monoisotopic (exact) mass is 325 g/mol. The fourth-order valence-electron chi connectivity index (χ4n) is 2.39. The molecule has 1 heterocycles. The number of ether oxygens (including phenoxy) is 1. The molecule has 0 aliphatic heterocycles. The SMILES string of the molecule is COc1cccc(-c2cc(C(=O)Nc3cccc(F)c3)nn2C)c1. The van der Waals surface area contributed by atoms with Gasteiger partial charge in [-0.25, -0.2) is 4.39 Å². The Morgan fingerprint density at radius 3 is 2.71 bits per heavy atom. The molecule has 0 saturated heterocycles. The van der Waals surface area contributed by atoms with Crippen molar-refractivity contribution in [1.29, 1.82) is 0 Å². The third kappa shape index (κ3) is 3.27. The largest absolute Gasteiger partial charge is 0.497 e. The van der Waals surface area contributed by atoms with Crippen LogP contribution in [-0.2, 0) is 7.05 Å². The van der Waals surface area contributed by atoms with Crippen LogP contribution in [0.4, 0.5) is 10.1 Å². The predicted octanol–water partition coefficient (Wildman–Crippen LogP) is 3.49. The highest BCUT2D eigenvalue weighted by atomic mass is 19.1. The summed E-state index contributed by atoms with van der Waals surface area (Å²) < 4.78 is 20.0. The van der Waals surface area contributed by atoms with E-state index in [1.54, 1.807) is 31.0 Å². The maximum absolute atomic E-state index is 13.2. The second kappa shape index (κ2) is 6.54. The van der Waals surface area contributed by atoms with Crippen molar-refractivity contribution in [3.05, 3.63) is 66.1 Å². The summed E-state index contributed by atoms with van der Waals surface area (Å²) in [6.45, 7) is 0. The van der Waals surface area contributed by atoms with E-state index >= 15 is 0 Å². The highest BCUT2D eigenvalue weighted by molar-refractivity contribution is 6.03. The summed E-state index contributed by atoms with van der Waals surface area (Å²) in [7, 11) is 3.36. The van der Waals surface area contributed by atoms with Gasteiger partial charge in [0.15, 0.2) is 5.69 Å². The van der Waals surface area contributed by atoms with Crippen LogP contribution in [0.15, 0.2) is 54.6 Å². The van der Waals surface area contributed by atoms with Crippen LogP contribution in [-0.4, -0.2) is 22.8 Å². The zero-order chi connectivity index (χ0) is 17.1. The Balaban J connectivity index is 1.86. The summed E-state index contributed by atoms with van der Waals surface area (Å²) in [5, 5.41) is 6.87. The molecule has 1 amide bonds. The molecule has 0 aliphatic carbocycles. The lowest BCUT2D eigenvalue weighted by atomic mass is 10.1. The number of anilines is 1. The average molecular weight is 325 g/mol. The van der Waals surface area contributed by atoms with Crippen LogP contribution in [0.25, 0.3) is 11.3 Å². The minimum absolute atomic E-state index is 0.250. The smallest absolute Gasteiger partial charge is 0.276 e. The van der Waals surface area contributed by atoms with Gasteiger partial charge in [0.1, 0.15) is 11.6 Å². The quantitative estimate of drug-likeness (QED) is 0.799. The molecule has 5 nitrogen and oxygen atoms in total. The number of amides is 1. The minimum atomic E-state index is -0.411. The number of rotatable bonds is 4. The Morgan fingerprint density at radius 1 is 1.17 bits per heavy atom. The van der Waals surface area contributed by atoms with Gasteiger partial charge in [-0.1, -0.05) is 18.2 Å². The number of hydrogen-bond donors (Lipinski definition) is 1. The first-order chi connectivity index (χ1) is 11.6. The molecule has 2 aromatic carbocycles. The number of aryl methyl sites for hydroxylation is 1. The van der Waals surface area contributed by atoms with Gasteiger partial charge in [-0.15, -0.1) is 0 Å². The Kier molecular flexibility index (Phi) is 4.29.